The minimum atomic E-state index is -1.69. The minimum Gasteiger partial charge on any atom is -0.465 e. The highest BCUT2D eigenvalue weighted by Gasteiger charge is 2.30. The summed E-state index contributed by atoms with van der Waals surface area (Å²) in [6, 6.07) is 14.4. The number of methoxy groups -OCH3 is 1. The average molecular weight is 326 g/mol. The Kier molecular flexibility index (Phi) is 4.33. The van der Waals surface area contributed by atoms with Crippen LogP contribution in [0.3, 0.4) is 0 Å². The van der Waals surface area contributed by atoms with Crippen molar-refractivity contribution in [1.29, 1.82) is 0 Å². The van der Waals surface area contributed by atoms with Crippen molar-refractivity contribution >= 4 is 17.1 Å². The van der Waals surface area contributed by atoms with Gasteiger partial charge in [0, 0.05) is 6.42 Å². The van der Waals surface area contributed by atoms with E-state index < -0.39 is 11.7 Å². The van der Waals surface area contributed by atoms with Gasteiger partial charge in [-0.2, -0.15) is 0 Å². The number of esters is 1. The van der Waals surface area contributed by atoms with E-state index in [1.54, 1.807) is 18.2 Å². The Morgan fingerprint density at radius 2 is 2.04 bits per heavy atom. The third-order valence-corrected chi connectivity index (χ3v) is 3.82. The van der Waals surface area contributed by atoms with Crippen LogP contribution in [0.2, 0.25) is 0 Å². The number of oxazole rings is 1. The molecule has 0 aliphatic carbocycles. The van der Waals surface area contributed by atoms with Gasteiger partial charge in [-0.1, -0.05) is 30.3 Å². The number of hydrogen-bond acceptors (Lipinski definition) is 6. The van der Waals surface area contributed by atoms with Crippen LogP contribution in [0.5, 0.6) is 0 Å². The Labute approximate surface area is 138 Å². The number of aliphatic hydroxyl groups is 1. The first-order chi connectivity index (χ1) is 11.5. The Morgan fingerprint density at radius 3 is 2.75 bits per heavy atom. The number of fused-ring (bicyclic) bond motifs is 1. The standard InChI is InChI=1S/C18H18N2O4/c1-23-16(21)13-7-8-15-14(11-13)20-17(24-15)18(19,22)10-9-12-5-3-2-4-6-12/h2-8,11,22H,9-10,19H2,1H3. The first-order valence-corrected chi connectivity index (χ1v) is 7.54. The third kappa shape index (κ3) is 3.29. The van der Waals surface area contributed by atoms with E-state index in [-0.39, 0.29) is 12.3 Å². The van der Waals surface area contributed by atoms with E-state index in [9.17, 15) is 9.90 Å². The summed E-state index contributed by atoms with van der Waals surface area (Å²) in [5.41, 5.74) is 6.59. The maximum atomic E-state index is 11.6. The quantitative estimate of drug-likeness (QED) is 0.551. The van der Waals surface area contributed by atoms with E-state index in [0.717, 1.165) is 5.56 Å². The lowest BCUT2D eigenvalue weighted by Crippen LogP contribution is -2.37. The van der Waals surface area contributed by atoms with Gasteiger partial charge in [0.1, 0.15) is 5.52 Å². The maximum absolute atomic E-state index is 11.6. The zero-order chi connectivity index (χ0) is 17.2. The second-order valence-corrected chi connectivity index (χ2v) is 5.60. The molecule has 1 aromatic heterocycles. The number of carbonyl (C=O) groups excluding carboxylic acids is 1. The molecule has 3 aromatic rings. The average Bonchev–Trinajstić information content (AvgIpc) is 3.04. The molecule has 3 N–H and O–H groups in total. The summed E-state index contributed by atoms with van der Waals surface area (Å²) < 4.78 is 10.2. The first-order valence-electron chi connectivity index (χ1n) is 7.54. The Morgan fingerprint density at radius 1 is 1.29 bits per heavy atom. The van der Waals surface area contributed by atoms with Crippen molar-refractivity contribution < 1.29 is 19.1 Å². The highest BCUT2D eigenvalue weighted by molar-refractivity contribution is 5.93. The summed E-state index contributed by atoms with van der Waals surface area (Å²) in [7, 11) is 1.31. The summed E-state index contributed by atoms with van der Waals surface area (Å²) >= 11 is 0. The number of hydrogen-bond donors (Lipinski definition) is 2. The van der Waals surface area contributed by atoms with Crippen LogP contribution in [-0.4, -0.2) is 23.2 Å². The number of aromatic nitrogens is 1. The molecule has 0 aliphatic rings. The van der Waals surface area contributed by atoms with Crippen molar-refractivity contribution in [3.05, 3.63) is 65.5 Å². The molecule has 1 unspecified atom stereocenters. The number of nitrogens with two attached hydrogens (primary N) is 1. The highest BCUT2D eigenvalue weighted by Crippen LogP contribution is 2.26. The van der Waals surface area contributed by atoms with Gasteiger partial charge in [-0.05, 0) is 30.2 Å². The molecule has 6 heteroatoms. The molecule has 0 bridgehead atoms. The summed E-state index contributed by atoms with van der Waals surface area (Å²) in [4.78, 5) is 15.8. The monoisotopic (exact) mass is 326 g/mol. The molecule has 124 valence electrons. The molecule has 1 atom stereocenters. The lowest BCUT2D eigenvalue weighted by Gasteiger charge is -2.18. The molecular weight excluding hydrogens is 308 g/mol. The minimum absolute atomic E-state index is 0.0236. The molecule has 0 saturated heterocycles. The summed E-state index contributed by atoms with van der Waals surface area (Å²) in [5, 5.41) is 10.5. The van der Waals surface area contributed by atoms with Crippen LogP contribution in [0.25, 0.3) is 11.1 Å². The fourth-order valence-corrected chi connectivity index (χ4v) is 2.44. The van der Waals surface area contributed by atoms with Crippen LogP contribution < -0.4 is 5.73 Å². The molecule has 1 heterocycles. The first kappa shape index (κ1) is 16.2. The summed E-state index contributed by atoms with van der Waals surface area (Å²) in [6.45, 7) is 0. The van der Waals surface area contributed by atoms with Gasteiger partial charge in [0.15, 0.2) is 11.3 Å². The molecule has 0 saturated carbocycles. The normalized spacial score (nSPS) is 13.6. The predicted octanol–water partition coefficient (Wildman–Crippen LogP) is 2.35. The number of rotatable bonds is 5. The Balaban J connectivity index is 1.83. The van der Waals surface area contributed by atoms with Crippen LogP contribution in [-0.2, 0) is 16.9 Å². The largest absolute Gasteiger partial charge is 0.465 e. The molecule has 0 aliphatic heterocycles. The van der Waals surface area contributed by atoms with Gasteiger partial charge < -0.3 is 14.3 Å². The van der Waals surface area contributed by atoms with Gasteiger partial charge in [0.05, 0.1) is 12.7 Å². The van der Waals surface area contributed by atoms with Crippen molar-refractivity contribution in [2.75, 3.05) is 7.11 Å². The highest BCUT2D eigenvalue weighted by atomic mass is 16.5. The zero-order valence-corrected chi connectivity index (χ0v) is 13.2. The van der Waals surface area contributed by atoms with Gasteiger partial charge in [0.25, 0.3) is 0 Å². The molecule has 0 fully saturated rings. The summed E-state index contributed by atoms with van der Waals surface area (Å²) in [5.74, 6) is -0.441. The molecule has 6 nitrogen and oxygen atoms in total. The lowest BCUT2D eigenvalue weighted by atomic mass is 10.0. The second kappa shape index (κ2) is 6.43. The zero-order valence-electron chi connectivity index (χ0n) is 13.2. The predicted molar refractivity (Wildman–Crippen MR) is 88.2 cm³/mol. The maximum Gasteiger partial charge on any atom is 0.337 e. The topological polar surface area (TPSA) is 98.6 Å². The second-order valence-electron chi connectivity index (χ2n) is 5.60. The Hall–Kier alpha value is -2.70. The smallest absolute Gasteiger partial charge is 0.337 e. The van der Waals surface area contributed by atoms with Crippen LogP contribution in [0.15, 0.2) is 52.9 Å². The van der Waals surface area contributed by atoms with Gasteiger partial charge in [0.2, 0.25) is 5.89 Å². The number of nitrogens with zero attached hydrogens (tertiary/aromatic N) is 1. The van der Waals surface area contributed by atoms with E-state index in [4.69, 9.17) is 10.2 Å². The lowest BCUT2D eigenvalue weighted by molar-refractivity contribution is 0.00882. The van der Waals surface area contributed by atoms with Crippen LogP contribution in [0, 0.1) is 0 Å². The SMILES string of the molecule is COC(=O)c1ccc2oc(C(N)(O)CCc3ccccc3)nc2c1. The number of carbonyl (C=O) groups is 1. The summed E-state index contributed by atoms with van der Waals surface area (Å²) in [6.07, 6.45) is 0.841. The van der Waals surface area contributed by atoms with Crippen molar-refractivity contribution in [3.8, 4) is 0 Å². The van der Waals surface area contributed by atoms with Crippen LogP contribution in [0.4, 0.5) is 0 Å². The molecule has 0 radical (unpaired) electrons. The van der Waals surface area contributed by atoms with Crippen molar-refractivity contribution in [2.45, 2.75) is 18.6 Å². The van der Waals surface area contributed by atoms with Crippen molar-refractivity contribution in [2.24, 2.45) is 5.73 Å². The number of aryl methyl sites for hydroxylation is 1. The molecule has 0 amide bonds. The fraction of sp³-hybridized carbons (Fsp3) is 0.222. The third-order valence-electron chi connectivity index (χ3n) is 3.82. The van der Waals surface area contributed by atoms with Crippen molar-refractivity contribution in [1.82, 2.24) is 4.98 Å². The van der Waals surface area contributed by atoms with Gasteiger partial charge in [-0.3, -0.25) is 5.73 Å². The number of benzene rings is 2. The van der Waals surface area contributed by atoms with E-state index in [1.165, 1.54) is 7.11 Å². The molecule has 24 heavy (non-hydrogen) atoms. The molecular formula is C18H18N2O4. The fourth-order valence-electron chi connectivity index (χ4n) is 2.44. The van der Waals surface area contributed by atoms with E-state index in [1.807, 2.05) is 30.3 Å². The van der Waals surface area contributed by atoms with Gasteiger partial charge in [-0.15, -0.1) is 0 Å². The van der Waals surface area contributed by atoms with E-state index in [2.05, 4.69) is 9.72 Å². The van der Waals surface area contributed by atoms with E-state index >= 15 is 0 Å². The Bertz CT molecular complexity index is 856. The van der Waals surface area contributed by atoms with Crippen LogP contribution >= 0.6 is 0 Å². The van der Waals surface area contributed by atoms with Gasteiger partial charge in [-0.25, -0.2) is 9.78 Å². The molecule has 3 rings (SSSR count). The van der Waals surface area contributed by atoms with Crippen LogP contribution in [0.1, 0.15) is 28.2 Å². The van der Waals surface area contributed by atoms with Gasteiger partial charge >= 0.3 is 5.97 Å². The molecule has 2 aromatic carbocycles. The molecule has 0 spiro atoms. The van der Waals surface area contributed by atoms with Crippen molar-refractivity contribution in [3.63, 3.8) is 0 Å². The number of ether oxygens (including phenoxy) is 1. The van der Waals surface area contributed by atoms with E-state index in [0.29, 0.717) is 23.1 Å².